The smallest absolute Gasteiger partial charge is 0.133 e. The average molecular weight is 234 g/mol. The Morgan fingerprint density at radius 3 is 2.76 bits per heavy atom. The van der Waals surface area contributed by atoms with E-state index in [1.165, 1.54) is 0 Å². The number of ether oxygens (including phenoxy) is 1. The Balaban J connectivity index is 2.36. The Labute approximate surface area is 101 Å². The van der Waals surface area contributed by atoms with E-state index < -0.39 is 0 Å². The first-order chi connectivity index (χ1) is 8.27. The summed E-state index contributed by atoms with van der Waals surface area (Å²) in [5.41, 5.74) is 7.36. The lowest BCUT2D eigenvalue weighted by Gasteiger charge is -2.30. The van der Waals surface area contributed by atoms with Crippen LogP contribution in [-0.2, 0) is 11.3 Å². The minimum atomic E-state index is 0.644. The quantitative estimate of drug-likeness (QED) is 0.853. The summed E-state index contributed by atoms with van der Waals surface area (Å²) >= 11 is 0. The SMILES string of the molecule is CCCn1c(C#N)cc(N)c1N1CCOCC1. The molecule has 5 nitrogen and oxygen atoms in total. The zero-order valence-corrected chi connectivity index (χ0v) is 10.1. The van der Waals surface area contributed by atoms with Gasteiger partial charge in [0.05, 0.1) is 18.9 Å². The fourth-order valence-electron chi connectivity index (χ4n) is 2.23. The Morgan fingerprint density at radius 1 is 1.47 bits per heavy atom. The number of nitrogens with two attached hydrogens (primary N) is 1. The van der Waals surface area contributed by atoms with E-state index in [-0.39, 0.29) is 0 Å². The van der Waals surface area contributed by atoms with Gasteiger partial charge in [0.1, 0.15) is 17.6 Å². The normalized spacial score (nSPS) is 15.9. The molecule has 1 aliphatic heterocycles. The van der Waals surface area contributed by atoms with Crippen molar-refractivity contribution in [1.29, 1.82) is 5.26 Å². The van der Waals surface area contributed by atoms with E-state index in [1.807, 2.05) is 4.57 Å². The number of nitrogen functional groups attached to an aromatic ring is 1. The third-order valence-electron chi connectivity index (χ3n) is 2.97. The highest BCUT2D eigenvalue weighted by Crippen LogP contribution is 2.28. The van der Waals surface area contributed by atoms with E-state index in [0.29, 0.717) is 11.4 Å². The van der Waals surface area contributed by atoms with E-state index in [2.05, 4.69) is 17.9 Å². The fourth-order valence-corrected chi connectivity index (χ4v) is 2.23. The van der Waals surface area contributed by atoms with Gasteiger partial charge in [0.15, 0.2) is 0 Å². The van der Waals surface area contributed by atoms with Gasteiger partial charge >= 0.3 is 0 Å². The molecule has 92 valence electrons. The van der Waals surface area contributed by atoms with Gasteiger partial charge in [-0.2, -0.15) is 5.26 Å². The maximum atomic E-state index is 9.11. The van der Waals surface area contributed by atoms with E-state index in [9.17, 15) is 0 Å². The number of aromatic nitrogens is 1. The summed E-state index contributed by atoms with van der Waals surface area (Å²) in [6.07, 6.45) is 0.986. The van der Waals surface area contributed by atoms with Crippen LogP contribution in [0, 0.1) is 11.3 Å². The number of hydrogen-bond acceptors (Lipinski definition) is 4. The largest absolute Gasteiger partial charge is 0.396 e. The van der Waals surface area contributed by atoms with Crippen LogP contribution in [0.15, 0.2) is 6.07 Å². The summed E-state index contributed by atoms with van der Waals surface area (Å²) in [6, 6.07) is 3.97. The van der Waals surface area contributed by atoms with Gasteiger partial charge in [-0.3, -0.25) is 0 Å². The van der Waals surface area contributed by atoms with Gasteiger partial charge in [-0.25, -0.2) is 0 Å². The first-order valence-electron chi connectivity index (χ1n) is 5.99. The number of hydrogen-bond donors (Lipinski definition) is 1. The zero-order chi connectivity index (χ0) is 12.3. The van der Waals surface area contributed by atoms with E-state index in [1.54, 1.807) is 6.07 Å². The van der Waals surface area contributed by atoms with Crippen LogP contribution < -0.4 is 10.6 Å². The molecular formula is C12H18N4O. The van der Waals surface area contributed by atoms with Crippen LogP contribution in [0.4, 0.5) is 11.5 Å². The monoisotopic (exact) mass is 234 g/mol. The molecule has 2 rings (SSSR count). The van der Waals surface area contributed by atoms with Crippen LogP contribution in [-0.4, -0.2) is 30.9 Å². The first-order valence-corrected chi connectivity index (χ1v) is 5.99. The van der Waals surface area contributed by atoms with Crippen LogP contribution in [0.1, 0.15) is 19.0 Å². The second-order valence-electron chi connectivity index (χ2n) is 4.17. The third-order valence-corrected chi connectivity index (χ3v) is 2.97. The first kappa shape index (κ1) is 11.8. The van der Waals surface area contributed by atoms with Crippen molar-refractivity contribution in [3.8, 4) is 6.07 Å². The molecule has 17 heavy (non-hydrogen) atoms. The Kier molecular flexibility index (Phi) is 3.55. The van der Waals surface area contributed by atoms with Crippen LogP contribution in [0.2, 0.25) is 0 Å². The molecule has 1 aromatic heterocycles. The van der Waals surface area contributed by atoms with Crippen molar-refractivity contribution < 1.29 is 4.74 Å². The highest BCUT2D eigenvalue weighted by atomic mass is 16.5. The number of nitrogens with zero attached hydrogens (tertiary/aromatic N) is 3. The Hall–Kier alpha value is -1.67. The number of nitriles is 1. The number of morpholine rings is 1. The molecule has 1 aromatic rings. The lowest BCUT2D eigenvalue weighted by molar-refractivity contribution is 0.122. The maximum Gasteiger partial charge on any atom is 0.133 e. The van der Waals surface area contributed by atoms with E-state index in [4.69, 9.17) is 15.7 Å². The fraction of sp³-hybridized carbons (Fsp3) is 0.583. The molecule has 5 heteroatoms. The zero-order valence-electron chi connectivity index (χ0n) is 10.1. The van der Waals surface area contributed by atoms with Crippen LogP contribution >= 0.6 is 0 Å². The molecule has 1 saturated heterocycles. The molecule has 0 amide bonds. The maximum absolute atomic E-state index is 9.11. The molecule has 0 atom stereocenters. The van der Waals surface area contributed by atoms with Gasteiger partial charge in [-0.05, 0) is 12.5 Å². The van der Waals surface area contributed by atoms with E-state index in [0.717, 1.165) is 45.1 Å². The lowest BCUT2D eigenvalue weighted by Crippen LogP contribution is -2.38. The van der Waals surface area contributed by atoms with Gasteiger partial charge in [-0.15, -0.1) is 0 Å². The van der Waals surface area contributed by atoms with Crippen molar-refractivity contribution in [2.24, 2.45) is 0 Å². The van der Waals surface area contributed by atoms with Crippen LogP contribution in [0.25, 0.3) is 0 Å². The summed E-state index contributed by atoms with van der Waals surface area (Å²) in [7, 11) is 0. The number of anilines is 2. The second-order valence-corrected chi connectivity index (χ2v) is 4.17. The van der Waals surface area contributed by atoms with Gasteiger partial charge in [0, 0.05) is 19.6 Å². The van der Waals surface area contributed by atoms with E-state index >= 15 is 0 Å². The summed E-state index contributed by atoms with van der Waals surface area (Å²) < 4.78 is 7.35. The molecule has 0 radical (unpaired) electrons. The lowest BCUT2D eigenvalue weighted by atomic mass is 10.3. The molecule has 1 fully saturated rings. The predicted molar refractivity (Wildman–Crippen MR) is 66.9 cm³/mol. The summed E-state index contributed by atoms with van der Waals surface area (Å²) in [5, 5.41) is 9.11. The highest BCUT2D eigenvalue weighted by Gasteiger charge is 2.20. The van der Waals surface area contributed by atoms with Crippen molar-refractivity contribution in [2.45, 2.75) is 19.9 Å². The molecule has 0 saturated carbocycles. The molecule has 0 unspecified atom stereocenters. The minimum absolute atomic E-state index is 0.644. The van der Waals surface area contributed by atoms with Crippen molar-refractivity contribution in [2.75, 3.05) is 36.9 Å². The van der Waals surface area contributed by atoms with Gasteiger partial charge in [0.2, 0.25) is 0 Å². The summed E-state index contributed by atoms with van der Waals surface area (Å²) in [6.45, 7) is 6.04. The highest BCUT2D eigenvalue weighted by molar-refractivity contribution is 5.68. The molecule has 1 aliphatic rings. The Bertz CT molecular complexity index is 426. The van der Waals surface area contributed by atoms with Crippen molar-refractivity contribution in [1.82, 2.24) is 4.57 Å². The predicted octanol–water partition coefficient (Wildman–Crippen LogP) is 1.19. The average Bonchev–Trinajstić information content (AvgIpc) is 2.67. The topological polar surface area (TPSA) is 67.2 Å². The minimum Gasteiger partial charge on any atom is -0.396 e. The van der Waals surface area contributed by atoms with Crippen molar-refractivity contribution >= 4 is 11.5 Å². The summed E-state index contributed by atoms with van der Waals surface area (Å²) in [5.74, 6) is 0.978. The molecule has 0 aliphatic carbocycles. The van der Waals surface area contributed by atoms with Gasteiger partial charge in [-0.1, -0.05) is 6.92 Å². The van der Waals surface area contributed by atoms with Gasteiger partial charge < -0.3 is 19.9 Å². The van der Waals surface area contributed by atoms with Gasteiger partial charge in [0.25, 0.3) is 0 Å². The third kappa shape index (κ3) is 2.22. The van der Waals surface area contributed by atoms with Crippen LogP contribution in [0.3, 0.4) is 0 Å². The van der Waals surface area contributed by atoms with Crippen molar-refractivity contribution in [3.05, 3.63) is 11.8 Å². The Morgan fingerprint density at radius 2 is 2.18 bits per heavy atom. The molecule has 2 N–H and O–H groups in total. The number of rotatable bonds is 3. The summed E-state index contributed by atoms with van der Waals surface area (Å²) in [4.78, 5) is 2.20. The molecule has 0 bridgehead atoms. The standard InChI is InChI=1S/C12H18N4O/c1-2-3-16-10(9-13)8-11(14)12(16)15-4-6-17-7-5-15/h8H,2-7,14H2,1H3. The molecule has 2 heterocycles. The van der Waals surface area contributed by atoms with Crippen molar-refractivity contribution in [3.63, 3.8) is 0 Å². The molecule has 0 aromatic carbocycles. The second kappa shape index (κ2) is 5.11. The molecule has 0 spiro atoms. The molecular weight excluding hydrogens is 216 g/mol. The van der Waals surface area contributed by atoms with Crippen LogP contribution in [0.5, 0.6) is 0 Å².